The lowest BCUT2D eigenvalue weighted by Gasteiger charge is -2.15. The van der Waals surface area contributed by atoms with Gasteiger partial charge in [-0.3, -0.25) is 4.90 Å². The molecule has 2 aromatic heterocycles. The Morgan fingerprint density at radius 3 is 2.94 bits per heavy atom. The zero-order valence-electron chi connectivity index (χ0n) is 10.6. The molecule has 0 fully saturated rings. The normalized spacial score (nSPS) is 11.2. The maximum Gasteiger partial charge on any atom is 0.0795 e. The smallest absolute Gasteiger partial charge is 0.0795 e. The van der Waals surface area contributed by atoms with E-state index in [1.54, 1.807) is 22.7 Å². The van der Waals surface area contributed by atoms with Crippen LogP contribution in [0.15, 0.2) is 27.7 Å². The van der Waals surface area contributed by atoms with Gasteiger partial charge in [-0.15, -0.1) is 11.3 Å². The highest BCUT2D eigenvalue weighted by Gasteiger charge is 2.01. The van der Waals surface area contributed by atoms with E-state index in [1.165, 1.54) is 11.3 Å². The van der Waals surface area contributed by atoms with Crippen LogP contribution in [0.3, 0.4) is 0 Å². The van der Waals surface area contributed by atoms with Crippen molar-refractivity contribution >= 4 is 22.7 Å². The summed E-state index contributed by atoms with van der Waals surface area (Å²) in [5, 5.41) is 9.95. The van der Waals surface area contributed by atoms with Crippen molar-refractivity contribution < 1.29 is 0 Å². The fourth-order valence-corrected chi connectivity index (χ4v) is 2.99. The molecule has 2 aromatic rings. The summed E-state index contributed by atoms with van der Waals surface area (Å²) in [6.07, 6.45) is 1.12. The minimum absolute atomic E-state index is 0.940. The van der Waals surface area contributed by atoms with Gasteiger partial charge in [0, 0.05) is 25.0 Å². The molecule has 0 radical (unpaired) electrons. The van der Waals surface area contributed by atoms with Crippen LogP contribution in [0, 0.1) is 0 Å². The first kappa shape index (κ1) is 13.7. The largest absolute Gasteiger partial charge is 0.315 e. The number of hydrogen-bond donors (Lipinski definition) is 1. The Labute approximate surface area is 116 Å². The van der Waals surface area contributed by atoms with Gasteiger partial charge in [0.2, 0.25) is 0 Å². The highest BCUT2D eigenvalue weighted by molar-refractivity contribution is 7.08. The van der Waals surface area contributed by atoms with Crippen LogP contribution in [0.4, 0.5) is 0 Å². The van der Waals surface area contributed by atoms with Crippen LogP contribution >= 0.6 is 22.7 Å². The summed E-state index contributed by atoms with van der Waals surface area (Å²) in [5.74, 6) is 0. The van der Waals surface area contributed by atoms with Crippen molar-refractivity contribution in [3.05, 3.63) is 39.0 Å². The van der Waals surface area contributed by atoms with Crippen LogP contribution in [0.2, 0.25) is 0 Å². The molecule has 0 atom stereocenters. The van der Waals surface area contributed by atoms with Gasteiger partial charge < -0.3 is 5.32 Å². The predicted octanol–water partition coefficient (Wildman–Crippen LogP) is 2.47. The topological polar surface area (TPSA) is 28.2 Å². The Kier molecular flexibility index (Phi) is 5.80. The molecule has 0 spiro atoms. The summed E-state index contributed by atoms with van der Waals surface area (Å²) < 4.78 is 0. The second kappa shape index (κ2) is 7.63. The van der Waals surface area contributed by atoms with Crippen molar-refractivity contribution in [3.63, 3.8) is 0 Å². The molecule has 0 saturated heterocycles. The minimum atomic E-state index is 0.940. The Morgan fingerprint density at radius 2 is 2.22 bits per heavy atom. The summed E-state index contributed by atoms with van der Waals surface area (Å²) in [6.45, 7) is 4.09. The van der Waals surface area contributed by atoms with Crippen LogP contribution in [0.25, 0.3) is 0 Å². The highest BCUT2D eigenvalue weighted by atomic mass is 32.1. The number of aromatic nitrogens is 1. The van der Waals surface area contributed by atoms with Crippen LogP contribution < -0.4 is 5.32 Å². The Morgan fingerprint density at radius 1 is 1.28 bits per heavy atom. The number of thiazole rings is 1. The summed E-state index contributed by atoms with van der Waals surface area (Å²) in [7, 11) is 2.14. The summed E-state index contributed by atoms with van der Waals surface area (Å²) in [4.78, 5) is 6.59. The average Bonchev–Trinajstić information content (AvgIpc) is 3.01. The molecule has 2 heterocycles. The van der Waals surface area contributed by atoms with E-state index in [1.807, 2.05) is 5.51 Å². The molecule has 0 aliphatic rings. The van der Waals surface area contributed by atoms with Crippen molar-refractivity contribution in [2.75, 3.05) is 26.7 Å². The third-order valence-corrected chi connectivity index (χ3v) is 4.12. The van der Waals surface area contributed by atoms with Gasteiger partial charge in [0.25, 0.3) is 0 Å². The molecular formula is C13H19N3S2. The van der Waals surface area contributed by atoms with Crippen LogP contribution in [0.5, 0.6) is 0 Å². The van der Waals surface area contributed by atoms with E-state index in [-0.39, 0.29) is 0 Å². The molecule has 18 heavy (non-hydrogen) atoms. The van der Waals surface area contributed by atoms with E-state index >= 15 is 0 Å². The highest BCUT2D eigenvalue weighted by Crippen LogP contribution is 2.05. The molecule has 5 heteroatoms. The van der Waals surface area contributed by atoms with Gasteiger partial charge in [0.05, 0.1) is 11.2 Å². The number of nitrogens with one attached hydrogen (secondary N) is 1. The number of thiophene rings is 1. The molecule has 98 valence electrons. The van der Waals surface area contributed by atoms with E-state index in [9.17, 15) is 0 Å². The van der Waals surface area contributed by atoms with Gasteiger partial charge in [-0.1, -0.05) is 0 Å². The zero-order chi connectivity index (χ0) is 12.6. The fraction of sp³-hybridized carbons (Fsp3) is 0.462. The van der Waals surface area contributed by atoms with E-state index in [4.69, 9.17) is 0 Å². The maximum atomic E-state index is 4.29. The van der Waals surface area contributed by atoms with Gasteiger partial charge in [-0.25, -0.2) is 4.98 Å². The quantitative estimate of drug-likeness (QED) is 0.754. The number of hydrogen-bond acceptors (Lipinski definition) is 5. The Balaban J connectivity index is 1.52. The minimum Gasteiger partial charge on any atom is -0.315 e. The molecular weight excluding hydrogens is 262 g/mol. The molecule has 0 aromatic carbocycles. The number of rotatable bonds is 8. The van der Waals surface area contributed by atoms with Crippen LogP contribution in [0.1, 0.15) is 11.3 Å². The van der Waals surface area contributed by atoms with E-state index < -0.39 is 0 Å². The van der Waals surface area contributed by atoms with Crippen molar-refractivity contribution in [3.8, 4) is 0 Å². The summed E-state index contributed by atoms with van der Waals surface area (Å²) in [6, 6.07) is 2.20. The third-order valence-electron chi connectivity index (χ3n) is 2.76. The lowest BCUT2D eigenvalue weighted by molar-refractivity contribution is 0.321. The zero-order valence-corrected chi connectivity index (χ0v) is 12.3. The van der Waals surface area contributed by atoms with Crippen LogP contribution in [-0.2, 0) is 13.0 Å². The summed E-state index contributed by atoms with van der Waals surface area (Å²) >= 11 is 3.43. The van der Waals surface area contributed by atoms with Crippen molar-refractivity contribution in [1.82, 2.24) is 15.2 Å². The Hall–Kier alpha value is -0.750. The standard InChI is InChI=1S/C13H19N3S2/c1-16(8-13-10-18-11-15-13)6-5-14-4-2-12-3-7-17-9-12/h3,7,9-11,14H,2,4-6,8H2,1H3. The average molecular weight is 281 g/mol. The molecule has 0 bridgehead atoms. The first-order valence-electron chi connectivity index (χ1n) is 6.12. The van der Waals surface area contributed by atoms with E-state index in [0.717, 1.165) is 32.6 Å². The monoisotopic (exact) mass is 281 g/mol. The molecule has 0 aliphatic heterocycles. The number of likely N-dealkylation sites (N-methyl/N-ethyl adjacent to an activating group) is 1. The summed E-state index contributed by atoms with van der Waals surface area (Å²) in [5.41, 5.74) is 4.49. The molecule has 0 unspecified atom stereocenters. The molecule has 0 saturated carbocycles. The number of nitrogens with zero attached hydrogens (tertiary/aromatic N) is 2. The first-order valence-corrected chi connectivity index (χ1v) is 8.00. The molecule has 0 amide bonds. The molecule has 2 rings (SSSR count). The van der Waals surface area contributed by atoms with Gasteiger partial charge in [-0.05, 0) is 42.4 Å². The van der Waals surface area contributed by atoms with E-state index in [2.05, 4.69) is 44.5 Å². The molecule has 0 aliphatic carbocycles. The lowest BCUT2D eigenvalue weighted by Crippen LogP contribution is -2.30. The SMILES string of the molecule is CN(CCNCCc1ccsc1)Cc1cscn1. The molecule has 3 nitrogen and oxygen atoms in total. The second-order valence-corrected chi connectivity index (χ2v) is 5.85. The van der Waals surface area contributed by atoms with Gasteiger partial charge in [0.1, 0.15) is 0 Å². The van der Waals surface area contributed by atoms with E-state index in [0.29, 0.717) is 0 Å². The van der Waals surface area contributed by atoms with Crippen LogP contribution in [-0.4, -0.2) is 36.6 Å². The van der Waals surface area contributed by atoms with Crippen molar-refractivity contribution in [2.45, 2.75) is 13.0 Å². The second-order valence-electron chi connectivity index (χ2n) is 4.35. The maximum absolute atomic E-state index is 4.29. The van der Waals surface area contributed by atoms with Gasteiger partial charge >= 0.3 is 0 Å². The first-order chi connectivity index (χ1) is 8.84. The predicted molar refractivity (Wildman–Crippen MR) is 79.3 cm³/mol. The van der Waals surface area contributed by atoms with Crippen molar-refractivity contribution in [2.24, 2.45) is 0 Å². The molecule has 1 N–H and O–H groups in total. The fourth-order valence-electron chi connectivity index (χ4n) is 1.73. The van der Waals surface area contributed by atoms with Crippen molar-refractivity contribution in [1.29, 1.82) is 0 Å². The lowest BCUT2D eigenvalue weighted by atomic mass is 10.2. The van der Waals surface area contributed by atoms with Gasteiger partial charge in [0.15, 0.2) is 0 Å². The van der Waals surface area contributed by atoms with Gasteiger partial charge in [-0.2, -0.15) is 11.3 Å². The Bertz CT molecular complexity index is 411. The third kappa shape index (κ3) is 4.86.